The first-order valence-corrected chi connectivity index (χ1v) is 17.7. The molecule has 0 aromatic heterocycles. The highest BCUT2D eigenvalue weighted by atomic mass is 16.6. The Hall–Kier alpha value is -4.56. The molecule has 2 aromatic carbocycles. The summed E-state index contributed by atoms with van der Waals surface area (Å²) in [5.74, 6) is 0. The van der Waals surface area contributed by atoms with Gasteiger partial charge in [-0.1, -0.05) is 60.7 Å². The lowest BCUT2D eigenvalue weighted by Gasteiger charge is -2.29. The lowest BCUT2D eigenvalue weighted by molar-refractivity contribution is 0.0156. The van der Waals surface area contributed by atoms with Crippen molar-refractivity contribution in [2.24, 2.45) is 0 Å². The maximum Gasteiger partial charge on any atom is 0.410 e. The average Bonchev–Trinajstić information content (AvgIpc) is 3.37. The van der Waals surface area contributed by atoms with Crippen LogP contribution >= 0.6 is 0 Å². The zero-order valence-electron chi connectivity index (χ0n) is 31.2. The third-order valence-electron chi connectivity index (χ3n) is 7.81. The van der Waals surface area contributed by atoms with Gasteiger partial charge in [-0.25, -0.2) is 19.2 Å². The van der Waals surface area contributed by atoms with E-state index in [2.05, 4.69) is 10.6 Å². The fourth-order valence-corrected chi connectivity index (χ4v) is 5.39. The maximum atomic E-state index is 12.3. The van der Waals surface area contributed by atoms with Crippen LogP contribution in [0.3, 0.4) is 0 Å². The number of carbonyl (C=O) groups excluding carboxylic acids is 4. The Balaban J connectivity index is 0.000000280. The van der Waals surface area contributed by atoms with E-state index < -0.39 is 47.8 Å². The number of amides is 4. The van der Waals surface area contributed by atoms with Crippen LogP contribution in [0.15, 0.2) is 60.7 Å². The minimum absolute atomic E-state index is 0.178. The van der Waals surface area contributed by atoms with Crippen molar-refractivity contribution in [3.8, 4) is 0 Å². The molecular weight excluding hydrogens is 672 g/mol. The summed E-state index contributed by atoms with van der Waals surface area (Å²) in [5.41, 5.74) is 0.557. The van der Waals surface area contributed by atoms with E-state index in [0.717, 1.165) is 11.1 Å². The SMILES string of the molecule is CC(C)(C)OC(=O)N1C[C@@H](O)CC[C@H](NC(=O)OCc2ccccc2)C1.CC(C)(C)OC(=O)N1C[C@H](O)CC[C@@H](NC(=O)OCc2ccccc2)C1. The highest BCUT2D eigenvalue weighted by Gasteiger charge is 2.32. The van der Waals surface area contributed by atoms with Crippen LogP contribution in [0.4, 0.5) is 19.2 Å². The van der Waals surface area contributed by atoms with Gasteiger partial charge in [-0.15, -0.1) is 0 Å². The van der Waals surface area contributed by atoms with E-state index in [1.54, 1.807) is 41.5 Å². The first kappa shape index (κ1) is 41.9. The summed E-state index contributed by atoms with van der Waals surface area (Å²) in [6, 6.07) is 18.2. The van der Waals surface area contributed by atoms with Crippen LogP contribution in [0, 0.1) is 0 Å². The van der Waals surface area contributed by atoms with Gasteiger partial charge in [-0.3, -0.25) is 0 Å². The Morgan fingerprint density at radius 2 is 0.942 bits per heavy atom. The zero-order valence-corrected chi connectivity index (χ0v) is 31.2. The quantitative estimate of drug-likeness (QED) is 0.284. The second kappa shape index (κ2) is 19.9. The lowest BCUT2D eigenvalue weighted by atomic mass is 10.1. The number of hydrogen-bond donors (Lipinski definition) is 4. The van der Waals surface area contributed by atoms with Gasteiger partial charge in [0.05, 0.1) is 24.3 Å². The fourth-order valence-electron chi connectivity index (χ4n) is 5.39. The first-order valence-electron chi connectivity index (χ1n) is 17.7. The van der Waals surface area contributed by atoms with Crippen molar-refractivity contribution < 1.29 is 48.3 Å². The Kier molecular flexibility index (Phi) is 16.0. The van der Waals surface area contributed by atoms with Gasteiger partial charge in [0.25, 0.3) is 0 Å². The van der Waals surface area contributed by atoms with E-state index in [4.69, 9.17) is 18.9 Å². The number of hydrogen-bond acceptors (Lipinski definition) is 10. The van der Waals surface area contributed by atoms with Crippen LogP contribution in [-0.4, -0.2) is 106 Å². The maximum absolute atomic E-state index is 12.3. The van der Waals surface area contributed by atoms with Crippen molar-refractivity contribution in [2.75, 3.05) is 26.2 Å². The number of β-amino-alcohol motifs (C(OH)–C–C–N with tert-alkyl or cyclic N) is 2. The molecule has 2 aliphatic rings. The smallest absolute Gasteiger partial charge is 0.410 e. The summed E-state index contributed by atoms with van der Waals surface area (Å²) < 4.78 is 21.2. The number of ether oxygens (including phenoxy) is 4. The Morgan fingerprint density at radius 3 is 1.27 bits per heavy atom. The molecular formula is C38H56N4O10. The number of nitrogens with zero attached hydrogens (tertiary/aromatic N) is 2. The monoisotopic (exact) mass is 728 g/mol. The fraction of sp³-hybridized carbons (Fsp3) is 0.579. The van der Waals surface area contributed by atoms with Crippen LogP contribution in [0.2, 0.25) is 0 Å². The molecule has 0 unspecified atom stereocenters. The normalized spacial score (nSPS) is 20.8. The molecule has 2 fully saturated rings. The van der Waals surface area contributed by atoms with Gasteiger partial charge in [-0.05, 0) is 78.4 Å². The summed E-state index contributed by atoms with van der Waals surface area (Å²) in [6.07, 6.45) is -1.28. The standard InChI is InChI=1S/2C19H28N2O5/c2*1-19(2,3)26-18(24)21-11-15(9-10-16(22)12-21)20-17(23)25-13-14-7-5-4-6-8-14/h2*4-8,15-16,22H,9-13H2,1-3H3,(H,20,23)/t2*15-,16-/m10/s1. The largest absolute Gasteiger partial charge is 0.445 e. The van der Waals surface area contributed by atoms with Crippen molar-refractivity contribution in [1.82, 2.24) is 20.4 Å². The molecule has 4 amide bonds. The van der Waals surface area contributed by atoms with E-state index in [1.807, 2.05) is 60.7 Å². The summed E-state index contributed by atoms with van der Waals surface area (Å²) in [6.45, 7) is 12.0. The number of aliphatic hydroxyl groups excluding tert-OH is 2. The van der Waals surface area contributed by atoms with E-state index in [1.165, 1.54) is 9.80 Å². The Morgan fingerprint density at radius 1 is 0.596 bits per heavy atom. The molecule has 4 rings (SSSR count). The molecule has 2 saturated heterocycles. The predicted molar refractivity (Wildman–Crippen MR) is 193 cm³/mol. The topological polar surface area (TPSA) is 176 Å². The number of carbonyl (C=O) groups is 4. The van der Waals surface area contributed by atoms with Gasteiger partial charge in [0.15, 0.2) is 0 Å². The van der Waals surface area contributed by atoms with Crippen molar-refractivity contribution in [3.63, 3.8) is 0 Å². The van der Waals surface area contributed by atoms with Gasteiger partial charge in [-0.2, -0.15) is 0 Å². The number of aliphatic hydroxyl groups is 2. The third-order valence-corrected chi connectivity index (χ3v) is 7.81. The van der Waals surface area contributed by atoms with Gasteiger partial charge in [0.2, 0.25) is 0 Å². The van der Waals surface area contributed by atoms with Crippen LogP contribution < -0.4 is 10.6 Å². The molecule has 14 nitrogen and oxygen atoms in total. The van der Waals surface area contributed by atoms with Gasteiger partial charge >= 0.3 is 24.4 Å². The molecule has 0 spiro atoms. The van der Waals surface area contributed by atoms with Crippen molar-refractivity contribution >= 4 is 24.4 Å². The second-order valence-electron chi connectivity index (χ2n) is 15.0. The number of benzene rings is 2. The van der Waals surface area contributed by atoms with Crippen LogP contribution in [0.5, 0.6) is 0 Å². The molecule has 0 saturated carbocycles. The lowest BCUT2D eigenvalue weighted by Crippen LogP contribution is -2.47. The second-order valence-corrected chi connectivity index (χ2v) is 15.0. The van der Waals surface area contributed by atoms with Gasteiger partial charge < -0.3 is 49.6 Å². The van der Waals surface area contributed by atoms with Crippen molar-refractivity contribution in [2.45, 2.75) is 116 Å². The number of rotatable bonds is 6. The molecule has 52 heavy (non-hydrogen) atoms. The zero-order chi connectivity index (χ0) is 38.3. The summed E-state index contributed by atoms with van der Waals surface area (Å²) in [7, 11) is 0. The molecule has 0 bridgehead atoms. The van der Waals surface area contributed by atoms with Crippen LogP contribution in [-0.2, 0) is 32.2 Å². The number of likely N-dealkylation sites (tertiary alicyclic amines) is 2. The van der Waals surface area contributed by atoms with Gasteiger partial charge in [0.1, 0.15) is 24.4 Å². The van der Waals surface area contributed by atoms with E-state index >= 15 is 0 Å². The third kappa shape index (κ3) is 16.6. The van der Waals surface area contributed by atoms with E-state index in [9.17, 15) is 29.4 Å². The van der Waals surface area contributed by atoms with Crippen LogP contribution in [0.1, 0.15) is 78.4 Å². The Labute approximate surface area is 306 Å². The highest BCUT2D eigenvalue weighted by molar-refractivity contribution is 5.70. The molecule has 0 radical (unpaired) electrons. The molecule has 2 aliphatic heterocycles. The molecule has 0 aliphatic carbocycles. The summed E-state index contributed by atoms with van der Waals surface area (Å²) in [5, 5.41) is 25.6. The number of alkyl carbamates (subject to hydrolysis) is 2. The van der Waals surface area contributed by atoms with E-state index in [0.29, 0.717) is 25.7 Å². The minimum Gasteiger partial charge on any atom is -0.445 e. The summed E-state index contributed by atoms with van der Waals surface area (Å²) in [4.78, 5) is 51.6. The number of nitrogens with one attached hydrogen (secondary N) is 2. The minimum atomic E-state index is -0.644. The average molecular weight is 729 g/mol. The van der Waals surface area contributed by atoms with Crippen molar-refractivity contribution in [1.29, 1.82) is 0 Å². The highest BCUT2D eigenvalue weighted by Crippen LogP contribution is 2.18. The molecule has 2 aromatic rings. The summed E-state index contributed by atoms with van der Waals surface area (Å²) >= 11 is 0. The molecule has 4 N–H and O–H groups in total. The molecule has 288 valence electrons. The van der Waals surface area contributed by atoms with Crippen molar-refractivity contribution in [3.05, 3.63) is 71.8 Å². The van der Waals surface area contributed by atoms with E-state index in [-0.39, 0.29) is 51.5 Å². The molecule has 14 heteroatoms. The van der Waals surface area contributed by atoms with Crippen LogP contribution in [0.25, 0.3) is 0 Å². The first-order chi connectivity index (χ1) is 24.5. The predicted octanol–water partition coefficient (Wildman–Crippen LogP) is 5.35. The molecule has 2 heterocycles. The van der Waals surface area contributed by atoms with Gasteiger partial charge in [0, 0.05) is 26.2 Å². The Bertz CT molecular complexity index is 1310. The molecule has 4 atom stereocenters.